The van der Waals surface area contributed by atoms with Crippen LogP contribution >= 0.6 is 11.8 Å². The van der Waals surface area contributed by atoms with Gasteiger partial charge in [-0.15, -0.1) is 10.2 Å². The highest BCUT2D eigenvalue weighted by Gasteiger charge is 2.18. The van der Waals surface area contributed by atoms with E-state index < -0.39 is 10.0 Å². The summed E-state index contributed by atoms with van der Waals surface area (Å²) in [4.78, 5) is 12.2. The maximum absolute atomic E-state index is 12.2. The van der Waals surface area contributed by atoms with Crippen LogP contribution in [0.2, 0.25) is 0 Å². The lowest BCUT2D eigenvalue weighted by Crippen LogP contribution is -2.23. The molecule has 2 rings (SSSR count). The summed E-state index contributed by atoms with van der Waals surface area (Å²) >= 11 is 1.30. The van der Waals surface area contributed by atoms with Crippen LogP contribution in [0.25, 0.3) is 0 Å². The van der Waals surface area contributed by atoms with Crippen LogP contribution < -0.4 is 10.5 Å². The number of aryl methyl sites for hydroxylation is 1. The molecule has 1 aromatic heterocycles. The highest BCUT2D eigenvalue weighted by molar-refractivity contribution is 8.00. The van der Waals surface area contributed by atoms with Gasteiger partial charge in [-0.3, -0.25) is 4.79 Å². The molecule has 0 unspecified atom stereocenters. The number of sulfonamides is 1. The van der Waals surface area contributed by atoms with E-state index in [4.69, 9.17) is 5.14 Å². The molecular formula is C13H17N5O3S2. The molecule has 1 aromatic carbocycles. The fourth-order valence-corrected chi connectivity index (χ4v) is 3.14. The van der Waals surface area contributed by atoms with E-state index in [1.54, 1.807) is 13.3 Å². The SMILES string of the molecule is CCn1cnnc1S[C@H](C)C(=O)Nc1ccc(S(N)(=O)=O)cc1. The van der Waals surface area contributed by atoms with Gasteiger partial charge in [0.1, 0.15) is 6.33 Å². The van der Waals surface area contributed by atoms with Crippen molar-refractivity contribution in [3.63, 3.8) is 0 Å². The number of thioether (sulfide) groups is 1. The molecule has 0 fully saturated rings. The number of hydrogen-bond donors (Lipinski definition) is 2. The van der Waals surface area contributed by atoms with Crippen LogP contribution in [0.15, 0.2) is 40.6 Å². The Kier molecular flexibility index (Phi) is 5.39. The first-order chi connectivity index (χ1) is 10.8. The summed E-state index contributed by atoms with van der Waals surface area (Å²) in [5, 5.41) is 15.8. The monoisotopic (exact) mass is 355 g/mol. The number of carbonyl (C=O) groups is 1. The number of carbonyl (C=O) groups excluding carboxylic acids is 1. The van der Waals surface area contributed by atoms with Crippen LogP contribution in [-0.4, -0.2) is 34.3 Å². The Bertz CT molecular complexity index is 786. The van der Waals surface area contributed by atoms with Crippen LogP contribution in [0.4, 0.5) is 5.69 Å². The number of aromatic nitrogens is 3. The molecule has 0 saturated carbocycles. The lowest BCUT2D eigenvalue weighted by molar-refractivity contribution is -0.115. The molecule has 2 aromatic rings. The number of benzene rings is 1. The summed E-state index contributed by atoms with van der Waals surface area (Å²) in [6.45, 7) is 4.44. The zero-order chi connectivity index (χ0) is 17.0. The molecule has 1 amide bonds. The minimum atomic E-state index is -3.74. The van der Waals surface area contributed by atoms with Gasteiger partial charge in [0, 0.05) is 12.2 Å². The lowest BCUT2D eigenvalue weighted by atomic mass is 10.3. The van der Waals surface area contributed by atoms with Gasteiger partial charge in [-0.25, -0.2) is 13.6 Å². The average Bonchev–Trinajstić information content (AvgIpc) is 2.94. The number of nitrogens with two attached hydrogens (primary N) is 1. The minimum Gasteiger partial charge on any atom is -0.325 e. The second-order valence-corrected chi connectivity index (χ2v) is 7.59. The maximum Gasteiger partial charge on any atom is 0.238 e. The molecule has 124 valence electrons. The van der Waals surface area contributed by atoms with E-state index in [-0.39, 0.29) is 16.1 Å². The molecule has 0 aliphatic rings. The third-order valence-electron chi connectivity index (χ3n) is 3.02. The predicted molar refractivity (Wildman–Crippen MR) is 87.5 cm³/mol. The summed E-state index contributed by atoms with van der Waals surface area (Å²) in [7, 11) is -3.74. The second kappa shape index (κ2) is 7.11. The zero-order valence-electron chi connectivity index (χ0n) is 12.6. The van der Waals surface area contributed by atoms with Crippen LogP contribution in [0, 0.1) is 0 Å². The van der Waals surface area contributed by atoms with E-state index in [0.29, 0.717) is 10.8 Å². The molecule has 0 bridgehead atoms. The van der Waals surface area contributed by atoms with E-state index in [1.165, 1.54) is 36.0 Å². The van der Waals surface area contributed by atoms with Gasteiger partial charge in [0.2, 0.25) is 15.9 Å². The van der Waals surface area contributed by atoms with Crippen molar-refractivity contribution in [2.24, 2.45) is 5.14 Å². The summed E-state index contributed by atoms with van der Waals surface area (Å²) in [6, 6.07) is 5.67. The highest BCUT2D eigenvalue weighted by atomic mass is 32.2. The van der Waals surface area contributed by atoms with Crippen molar-refractivity contribution in [2.75, 3.05) is 5.32 Å². The first-order valence-corrected chi connectivity index (χ1v) is 9.22. The van der Waals surface area contributed by atoms with Crippen molar-refractivity contribution >= 4 is 33.4 Å². The van der Waals surface area contributed by atoms with Crippen molar-refractivity contribution in [3.05, 3.63) is 30.6 Å². The van der Waals surface area contributed by atoms with Gasteiger partial charge in [-0.2, -0.15) is 0 Å². The number of amides is 1. The average molecular weight is 355 g/mol. The first-order valence-electron chi connectivity index (χ1n) is 6.79. The Morgan fingerprint density at radius 3 is 2.61 bits per heavy atom. The quantitative estimate of drug-likeness (QED) is 0.748. The molecule has 1 atom stereocenters. The minimum absolute atomic E-state index is 0.00558. The fraction of sp³-hybridized carbons (Fsp3) is 0.308. The van der Waals surface area contributed by atoms with Crippen molar-refractivity contribution in [3.8, 4) is 0 Å². The van der Waals surface area contributed by atoms with E-state index >= 15 is 0 Å². The first kappa shape index (κ1) is 17.4. The van der Waals surface area contributed by atoms with Crippen LogP contribution in [-0.2, 0) is 21.4 Å². The molecule has 8 nitrogen and oxygen atoms in total. The maximum atomic E-state index is 12.2. The van der Waals surface area contributed by atoms with Crippen molar-refractivity contribution in [1.82, 2.24) is 14.8 Å². The van der Waals surface area contributed by atoms with Gasteiger partial charge in [0.15, 0.2) is 5.16 Å². The van der Waals surface area contributed by atoms with Gasteiger partial charge in [0.05, 0.1) is 10.1 Å². The van der Waals surface area contributed by atoms with E-state index in [9.17, 15) is 13.2 Å². The second-order valence-electron chi connectivity index (χ2n) is 4.72. The van der Waals surface area contributed by atoms with Gasteiger partial charge in [-0.1, -0.05) is 11.8 Å². The van der Waals surface area contributed by atoms with E-state index in [2.05, 4.69) is 15.5 Å². The van der Waals surface area contributed by atoms with Crippen molar-refractivity contribution < 1.29 is 13.2 Å². The molecule has 0 spiro atoms. The number of rotatable bonds is 6. The topological polar surface area (TPSA) is 120 Å². The van der Waals surface area contributed by atoms with Crippen LogP contribution in [0.1, 0.15) is 13.8 Å². The Balaban J connectivity index is 2.01. The standard InChI is InChI=1S/C13H17N5O3S2/c1-3-18-8-15-17-13(18)22-9(2)12(19)16-10-4-6-11(7-5-10)23(14,20)21/h4-9H,3H2,1-2H3,(H,16,19)(H2,14,20,21)/t9-/m1/s1. The summed E-state index contributed by atoms with van der Waals surface area (Å²) in [5.41, 5.74) is 0.492. The molecular weight excluding hydrogens is 338 g/mol. The Morgan fingerprint density at radius 1 is 1.39 bits per heavy atom. The molecule has 0 aliphatic heterocycles. The van der Waals surface area contributed by atoms with E-state index in [1.807, 2.05) is 11.5 Å². The number of nitrogens with one attached hydrogen (secondary N) is 1. The smallest absolute Gasteiger partial charge is 0.238 e. The molecule has 0 aliphatic carbocycles. The highest BCUT2D eigenvalue weighted by Crippen LogP contribution is 2.22. The molecule has 3 N–H and O–H groups in total. The molecule has 23 heavy (non-hydrogen) atoms. The van der Waals surface area contributed by atoms with Gasteiger partial charge < -0.3 is 9.88 Å². The number of anilines is 1. The van der Waals surface area contributed by atoms with E-state index in [0.717, 1.165) is 6.54 Å². The lowest BCUT2D eigenvalue weighted by Gasteiger charge is -2.12. The molecule has 10 heteroatoms. The molecule has 0 radical (unpaired) electrons. The van der Waals surface area contributed by atoms with Gasteiger partial charge in [0.25, 0.3) is 0 Å². The van der Waals surface area contributed by atoms with Gasteiger partial charge in [-0.05, 0) is 38.1 Å². The third kappa shape index (κ3) is 4.53. The van der Waals surface area contributed by atoms with Gasteiger partial charge >= 0.3 is 0 Å². The Labute approximate surface area is 138 Å². The molecule has 1 heterocycles. The summed E-state index contributed by atoms with van der Waals surface area (Å²) < 4.78 is 24.2. The van der Waals surface area contributed by atoms with Crippen molar-refractivity contribution in [1.29, 1.82) is 0 Å². The third-order valence-corrected chi connectivity index (χ3v) is 5.05. The predicted octanol–water partition coefficient (Wildman–Crippen LogP) is 1.06. The number of nitrogens with zero attached hydrogens (tertiary/aromatic N) is 3. The number of hydrogen-bond acceptors (Lipinski definition) is 6. The van der Waals surface area contributed by atoms with Crippen LogP contribution in [0.3, 0.4) is 0 Å². The Hall–Kier alpha value is -1.91. The van der Waals surface area contributed by atoms with Crippen molar-refractivity contribution in [2.45, 2.75) is 35.7 Å². The summed E-state index contributed by atoms with van der Waals surface area (Å²) in [6.07, 6.45) is 1.61. The largest absolute Gasteiger partial charge is 0.325 e. The normalized spacial score (nSPS) is 12.8. The fourth-order valence-electron chi connectivity index (χ4n) is 1.74. The Morgan fingerprint density at radius 2 is 2.04 bits per heavy atom. The number of primary sulfonamides is 1. The van der Waals surface area contributed by atoms with Crippen LogP contribution in [0.5, 0.6) is 0 Å². The summed E-state index contributed by atoms with van der Waals surface area (Å²) in [5.74, 6) is -0.219. The zero-order valence-corrected chi connectivity index (χ0v) is 14.3. The molecule has 0 saturated heterocycles.